The molecule has 178 valence electrons. The van der Waals surface area contributed by atoms with Gasteiger partial charge in [-0.2, -0.15) is 9.78 Å². The highest BCUT2D eigenvalue weighted by Gasteiger charge is 2.28. The van der Waals surface area contributed by atoms with Gasteiger partial charge in [-0.15, -0.1) is 16.7 Å². The summed E-state index contributed by atoms with van der Waals surface area (Å²) < 4.78 is 3.41. The molecule has 1 saturated heterocycles. The number of hydrogen-bond acceptors (Lipinski definition) is 7. The fourth-order valence-corrected chi connectivity index (χ4v) is 4.82. The van der Waals surface area contributed by atoms with Crippen LogP contribution in [0.4, 0.5) is 17.2 Å². The first-order valence-electron chi connectivity index (χ1n) is 11.9. The summed E-state index contributed by atoms with van der Waals surface area (Å²) >= 11 is 6.57. The number of fused-ring (bicyclic) bond motifs is 2. The van der Waals surface area contributed by atoms with Gasteiger partial charge in [0.25, 0.3) is 0 Å². The first-order valence-corrected chi connectivity index (χ1v) is 12.2. The van der Waals surface area contributed by atoms with Crippen molar-refractivity contribution in [3.8, 4) is 5.82 Å². The van der Waals surface area contributed by atoms with Crippen molar-refractivity contribution in [2.75, 3.05) is 23.3 Å². The van der Waals surface area contributed by atoms with Crippen LogP contribution in [0, 0.1) is 0 Å². The number of anilines is 3. The molecule has 0 aliphatic carbocycles. The number of benzene rings is 2. The molecule has 0 radical (unpaired) electrons. The van der Waals surface area contributed by atoms with Crippen LogP contribution in [-0.2, 0) is 6.42 Å². The third kappa shape index (κ3) is 4.05. The van der Waals surface area contributed by atoms with Gasteiger partial charge >= 0.3 is 0 Å². The van der Waals surface area contributed by atoms with E-state index in [0.717, 1.165) is 49.1 Å². The van der Waals surface area contributed by atoms with Crippen LogP contribution in [0.3, 0.4) is 0 Å². The average molecular weight is 488 g/mol. The van der Waals surface area contributed by atoms with Gasteiger partial charge in [0.05, 0.1) is 11.7 Å². The van der Waals surface area contributed by atoms with Gasteiger partial charge in [0.15, 0.2) is 17.3 Å². The maximum absolute atomic E-state index is 6.57. The van der Waals surface area contributed by atoms with Crippen LogP contribution in [0.1, 0.15) is 32.3 Å². The highest BCUT2D eigenvalue weighted by atomic mass is 35.5. The van der Waals surface area contributed by atoms with Crippen molar-refractivity contribution < 1.29 is 0 Å². The number of piperidine rings is 1. The molecule has 6 rings (SSSR count). The van der Waals surface area contributed by atoms with Gasteiger partial charge in [-0.05, 0) is 62.1 Å². The molecule has 10 heteroatoms. The van der Waals surface area contributed by atoms with E-state index in [2.05, 4.69) is 62.7 Å². The van der Waals surface area contributed by atoms with Crippen LogP contribution in [0.2, 0.25) is 0 Å². The van der Waals surface area contributed by atoms with E-state index < -0.39 is 0 Å². The molecule has 0 spiro atoms. The molecule has 35 heavy (non-hydrogen) atoms. The van der Waals surface area contributed by atoms with Crippen molar-refractivity contribution in [2.24, 2.45) is 0 Å². The van der Waals surface area contributed by atoms with Gasteiger partial charge in [-0.25, -0.2) is 14.5 Å². The predicted molar refractivity (Wildman–Crippen MR) is 138 cm³/mol. The third-order valence-electron chi connectivity index (χ3n) is 6.69. The number of halogens is 1. The van der Waals surface area contributed by atoms with Gasteiger partial charge in [0.1, 0.15) is 11.8 Å². The Labute approximate surface area is 207 Å². The number of alkyl halides is 1. The Morgan fingerprint density at radius 2 is 1.94 bits per heavy atom. The van der Waals surface area contributed by atoms with Crippen LogP contribution in [0.5, 0.6) is 0 Å². The van der Waals surface area contributed by atoms with Crippen molar-refractivity contribution in [3.63, 3.8) is 0 Å². The van der Waals surface area contributed by atoms with Crippen molar-refractivity contribution in [1.29, 1.82) is 0 Å². The second-order valence-corrected chi connectivity index (χ2v) is 10.1. The van der Waals surface area contributed by atoms with E-state index in [-0.39, 0.29) is 4.87 Å². The van der Waals surface area contributed by atoms with E-state index in [0.29, 0.717) is 17.3 Å². The second kappa shape index (κ2) is 8.49. The largest absolute Gasteiger partial charge is 0.371 e. The average Bonchev–Trinajstić information content (AvgIpc) is 3.51. The molecule has 0 bridgehead atoms. The van der Waals surface area contributed by atoms with E-state index in [1.807, 2.05) is 24.3 Å². The summed E-state index contributed by atoms with van der Waals surface area (Å²) in [6.45, 7) is 6.25. The van der Waals surface area contributed by atoms with Gasteiger partial charge < -0.3 is 10.2 Å². The normalized spacial score (nSPS) is 15.7. The van der Waals surface area contributed by atoms with Crippen LogP contribution >= 0.6 is 11.6 Å². The first kappa shape index (κ1) is 21.8. The fraction of sp³-hybridized carbons (Fsp3) is 0.320. The first-order chi connectivity index (χ1) is 17.0. The molecule has 5 aromatic rings. The molecule has 0 unspecified atom stereocenters. The van der Waals surface area contributed by atoms with Crippen LogP contribution < -0.4 is 10.2 Å². The molecular weight excluding hydrogens is 462 g/mol. The van der Waals surface area contributed by atoms with E-state index in [1.165, 1.54) is 17.6 Å². The van der Waals surface area contributed by atoms with E-state index in [9.17, 15) is 0 Å². The highest BCUT2D eigenvalue weighted by Crippen LogP contribution is 2.34. The zero-order valence-electron chi connectivity index (χ0n) is 19.7. The highest BCUT2D eigenvalue weighted by molar-refractivity contribution is 6.23. The topological polar surface area (TPSA) is 89.1 Å². The molecule has 0 saturated carbocycles. The lowest BCUT2D eigenvalue weighted by atomic mass is 9.96. The molecule has 0 atom stereocenters. The lowest BCUT2D eigenvalue weighted by Gasteiger charge is -2.37. The van der Waals surface area contributed by atoms with E-state index >= 15 is 0 Å². The number of aryl methyl sites for hydroxylation is 1. The lowest BCUT2D eigenvalue weighted by molar-refractivity contribution is 0.470. The van der Waals surface area contributed by atoms with Gasteiger partial charge in [0.2, 0.25) is 0 Å². The number of rotatable bonds is 5. The summed E-state index contributed by atoms with van der Waals surface area (Å²) in [5.74, 6) is 1.20. The third-order valence-corrected chi connectivity index (χ3v) is 7.07. The van der Waals surface area contributed by atoms with Crippen molar-refractivity contribution in [2.45, 2.75) is 38.0 Å². The SMILES string of the molecule is CCc1cc(Nc2nc(-n3nnc4ccccc43)cn3ncnc23)ccc1N1CCC(C)(Cl)CC1. The number of nitrogens with zero attached hydrogens (tertiary/aromatic N) is 8. The molecule has 1 aliphatic rings. The Kier molecular flexibility index (Phi) is 5.29. The number of para-hydroxylation sites is 1. The minimum absolute atomic E-state index is 0.0971. The van der Waals surface area contributed by atoms with Gasteiger partial charge in [-0.1, -0.05) is 24.3 Å². The maximum atomic E-state index is 6.57. The molecule has 1 fully saturated rings. The van der Waals surface area contributed by atoms with Crippen LogP contribution in [-0.4, -0.2) is 52.5 Å². The Morgan fingerprint density at radius 1 is 1.11 bits per heavy atom. The molecule has 2 aromatic carbocycles. The number of aromatic nitrogens is 7. The monoisotopic (exact) mass is 487 g/mol. The zero-order chi connectivity index (χ0) is 24.0. The van der Waals surface area contributed by atoms with Gasteiger partial charge in [-0.3, -0.25) is 0 Å². The van der Waals surface area contributed by atoms with E-state index in [1.54, 1.807) is 15.4 Å². The number of nitrogens with one attached hydrogen (secondary N) is 1. The Bertz CT molecular complexity index is 1510. The fourth-order valence-electron chi connectivity index (χ4n) is 4.65. The molecule has 1 aliphatic heterocycles. The summed E-state index contributed by atoms with van der Waals surface area (Å²) in [6, 6.07) is 14.3. The zero-order valence-corrected chi connectivity index (χ0v) is 20.4. The Hall–Kier alpha value is -3.72. The summed E-state index contributed by atoms with van der Waals surface area (Å²) in [5.41, 5.74) is 5.81. The molecule has 0 amide bonds. The predicted octanol–water partition coefficient (Wildman–Crippen LogP) is 4.76. The second-order valence-electron chi connectivity index (χ2n) is 9.19. The smallest absolute Gasteiger partial charge is 0.198 e. The van der Waals surface area contributed by atoms with Crippen LogP contribution in [0.15, 0.2) is 55.0 Å². The summed E-state index contributed by atoms with van der Waals surface area (Å²) in [4.78, 5) is 11.6. The molecule has 3 aromatic heterocycles. The number of hydrogen-bond donors (Lipinski definition) is 1. The minimum Gasteiger partial charge on any atom is -0.371 e. The quantitative estimate of drug-likeness (QED) is 0.357. The summed E-state index contributed by atoms with van der Waals surface area (Å²) in [6.07, 6.45) is 6.22. The Morgan fingerprint density at radius 3 is 2.77 bits per heavy atom. The molecule has 9 nitrogen and oxygen atoms in total. The molecular formula is C25H26ClN9. The lowest BCUT2D eigenvalue weighted by Crippen LogP contribution is -2.39. The maximum Gasteiger partial charge on any atom is 0.198 e. The Balaban J connectivity index is 1.35. The summed E-state index contributed by atoms with van der Waals surface area (Å²) in [5, 5.41) is 16.4. The van der Waals surface area contributed by atoms with Crippen molar-refractivity contribution >= 4 is 45.5 Å². The molecule has 4 heterocycles. The van der Waals surface area contributed by atoms with E-state index in [4.69, 9.17) is 16.6 Å². The summed E-state index contributed by atoms with van der Waals surface area (Å²) in [7, 11) is 0. The van der Waals surface area contributed by atoms with Crippen molar-refractivity contribution in [1.82, 2.24) is 34.6 Å². The standard InChI is InChI=1S/C25H26ClN9/c1-3-17-14-18(8-9-20(17)33-12-10-25(2,26)11-13-33)29-23-24-27-16-28-34(24)15-22(30-23)35-21-7-5-4-6-19(21)31-32-35/h4-9,14-16H,3,10-13H2,1-2H3,(H,29,30). The van der Waals surface area contributed by atoms with Crippen molar-refractivity contribution in [3.05, 3.63) is 60.6 Å². The van der Waals surface area contributed by atoms with Gasteiger partial charge in [0, 0.05) is 29.3 Å². The minimum atomic E-state index is -0.0971. The van der Waals surface area contributed by atoms with Crippen LogP contribution in [0.25, 0.3) is 22.5 Å². The molecule has 1 N–H and O–H groups in total.